The molecule has 1 fully saturated rings. The molecule has 1 aliphatic heterocycles. The number of hydrogen-bond donors (Lipinski definition) is 1. The van der Waals surface area contributed by atoms with Gasteiger partial charge in [-0.3, -0.25) is 24.1 Å². The maximum Gasteiger partial charge on any atom is 0.234 e. The summed E-state index contributed by atoms with van der Waals surface area (Å²) in [6.45, 7) is 0. The van der Waals surface area contributed by atoms with Gasteiger partial charge in [-0.2, -0.15) is 0 Å². The Kier molecular flexibility index (Phi) is 2.59. The average molecular weight is 258 g/mol. The van der Waals surface area contributed by atoms with Crippen molar-refractivity contribution in [2.75, 3.05) is 0 Å². The molecule has 2 aromatic rings. The first kappa shape index (κ1) is 11.5. The average Bonchev–Trinajstić information content (AvgIpc) is 2.85. The van der Waals surface area contributed by atoms with E-state index in [-0.39, 0.29) is 11.8 Å². The third-order valence-corrected chi connectivity index (χ3v) is 3.22. The van der Waals surface area contributed by atoms with Crippen molar-refractivity contribution >= 4 is 23.7 Å². The van der Waals surface area contributed by atoms with Crippen LogP contribution >= 0.6 is 0 Å². The number of hydrogen-bond acceptors (Lipinski definition) is 5. The molecule has 1 aliphatic rings. The molecule has 0 spiro atoms. The lowest BCUT2D eigenvalue weighted by atomic mass is 9.90. The molecule has 7 nitrogen and oxygen atoms in total. The van der Waals surface area contributed by atoms with Gasteiger partial charge in [0.25, 0.3) is 0 Å². The van der Waals surface area contributed by atoms with Gasteiger partial charge < -0.3 is 0 Å². The number of carbonyl (C=O) groups is 3. The minimum atomic E-state index is -0.432. The van der Waals surface area contributed by atoms with Crippen molar-refractivity contribution in [1.29, 1.82) is 0 Å². The van der Waals surface area contributed by atoms with E-state index in [1.54, 1.807) is 16.5 Å². The second-order valence-corrected chi connectivity index (χ2v) is 4.39. The number of nitrogens with one attached hydrogen (secondary N) is 1. The van der Waals surface area contributed by atoms with Crippen molar-refractivity contribution in [3.05, 3.63) is 29.7 Å². The third-order valence-electron chi connectivity index (χ3n) is 3.22. The van der Waals surface area contributed by atoms with E-state index in [9.17, 15) is 14.4 Å². The topological polar surface area (TPSA) is 93.4 Å². The van der Waals surface area contributed by atoms with Crippen LogP contribution in [-0.4, -0.2) is 32.7 Å². The maximum absolute atomic E-state index is 11.8. The van der Waals surface area contributed by atoms with Crippen molar-refractivity contribution in [1.82, 2.24) is 19.9 Å². The number of nitrogens with zero attached hydrogens (tertiary/aromatic N) is 3. The summed E-state index contributed by atoms with van der Waals surface area (Å²) < 4.78 is 1.54. The van der Waals surface area contributed by atoms with Gasteiger partial charge in [0.05, 0.1) is 11.6 Å². The zero-order valence-corrected chi connectivity index (χ0v) is 9.87. The van der Waals surface area contributed by atoms with E-state index in [4.69, 9.17) is 0 Å². The number of aldehydes is 1. The quantitative estimate of drug-likeness (QED) is 0.607. The van der Waals surface area contributed by atoms with Crippen LogP contribution in [0.3, 0.4) is 0 Å². The zero-order chi connectivity index (χ0) is 13.4. The Hall–Kier alpha value is -2.57. The highest BCUT2D eigenvalue weighted by Crippen LogP contribution is 2.26. The van der Waals surface area contributed by atoms with Crippen molar-refractivity contribution in [3.63, 3.8) is 0 Å². The molecule has 2 amide bonds. The van der Waals surface area contributed by atoms with Gasteiger partial charge in [0.1, 0.15) is 6.33 Å². The molecule has 0 bridgehead atoms. The summed E-state index contributed by atoms with van der Waals surface area (Å²) in [5.41, 5.74) is 1.55. The van der Waals surface area contributed by atoms with E-state index in [0.717, 1.165) is 0 Å². The molecule has 0 aromatic carbocycles. The maximum atomic E-state index is 11.8. The first-order valence-electron chi connectivity index (χ1n) is 5.81. The molecule has 2 aromatic heterocycles. The van der Waals surface area contributed by atoms with Gasteiger partial charge in [0.15, 0.2) is 11.9 Å². The van der Waals surface area contributed by atoms with E-state index in [2.05, 4.69) is 15.5 Å². The standard InChI is InChI=1S/C12H10N4O3/c17-5-8-3-7(4-10-15-13-6-16(8)10)9-1-2-11(18)14-12(9)19/h3-6,9H,1-2H2,(H,14,18,19). The number of imide groups is 1. The highest BCUT2D eigenvalue weighted by molar-refractivity contribution is 6.01. The minimum Gasteiger partial charge on any atom is -0.296 e. The van der Waals surface area contributed by atoms with Crippen molar-refractivity contribution in [2.24, 2.45) is 0 Å². The fourth-order valence-corrected chi connectivity index (χ4v) is 2.28. The molecule has 1 atom stereocenters. The fraction of sp³-hybridized carbons (Fsp3) is 0.250. The Morgan fingerprint density at radius 3 is 2.95 bits per heavy atom. The highest BCUT2D eigenvalue weighted by Gasteiger charge is 2.28. The Balaban J connectivity index is 2.07. The van der Waals surface area contributed by atoms with Crippen LogP contribution in [0.25, 0.3) is 5.65 Å². The molecule has 0 aliphatic carbocycles. The number of carbonyl (C=O) groups excluding carboxylic acids is 3. The Labute approximate surface area is 107 Å². The minimum absolute atomic E-state index is 0.264. The summed E-state index contributed by atoms with van der Waals surface area (Å²) in [5, 5.41) is 9.90. The van der Waals surface area contributed by atoms with Crippen LogP contribution in [0.4, 0.5) is 0 Å². The second kappa shape index (κ2) is 4.27. The first-order valence-corrected chi connectivity index (χ1v) is 5.81. The van der Waals surface area contributed by atoms with Crippen molar-refractivity contribution < 1.29 is 14.4 Å². The fourth-order valence-electron chi connectivity index (χ4n) is 2.28. The molecule has 0 saturated carbocycles. The zero-order valence-electron chi connectivity index (χ0n) is 9.87. The summed E-state index contributed by atoms with van der Waals surface area (Å²) in [7, 11) is 0. The van der Waals surface area contributed by atoms with Gasteiger partial charge in [-0.25, -0.2) is 0 Å². The van der Waals surface area contributed by atoms with Gasteiger partial charge in [-0.1, -0.05) is 0 Å². The highest BCUT2D eigenvalue weighted by atomic mass is 16.2. The second-order valence-electron chi connectivity index (χ2n) is 4.39. The Bertz CT molecular complexity index is 691. The molecule has 3 heterocycles. The van der Waals surface area contributed by atoms with Crippen LogP contribution in [0, 0.1) is 0 Å². The predicted octanol–water partition coefficient (Wildman–Crippen LogP) is 0.0620. The van der Waals surface area contributed by atoms with Crippen LogP contribution in [0.1, 0.15) is 34.8 Å². The molecule has 7 heteroatoms. The summed E-state index contributed by atoms with van der Waals surface area (Å²) >= 11 is 0. The largest absolute Gasteiger partial charge is 0.296 e. The lowest BCUT2D eigenvalue weighted by Crippen LogP contribution is -2.39. The van der Waals surface area contributed by atoms with Crippen LogP contribution in [-0.2, 0) is 9.59 Å². The van der Waals surface area contributed by atoms with Crippen LogP contribution in [0.2, 0.25) is 0 Å². The number of amides is 2. The Morgan fingerprint density at radius 1 is 1.37 bits per heavy atom. The monoisotopic (exact) mass is 258 g/mol. The lowest BCUT2D eigenvalue weighted by Gasteiger charge is -2.21. The van der Waals surface area contributed by atoms with Gasteiger partial charge in [0.2, 0.25) is 11.8 Å². The summed E-state index contributed by atoms with van der Waals surface area (Å²) in [6, 6.07) is 3.34. The summed E-state index contributed by atoms with van der Waals surface area (Å²) in [6.07, 6.45) is 2.86. The van der Waals surface area contributed by atoms with Gasteiger partial charge in [0, 0.05) is 6.42 Å². The summed E-state index contributed by atoms with van der Waals surface area (Å²) in [4.78, 5) is 34.0. The molecular formula is C12H10N4O3. The Morgan fingerprint density at radius 2 is 2.21 bits per heavy atom. The number of rotatable bonds is 2. The molecule has 1 unspecified atom stereocenters. The van der Waals surface area contributed by atoms with Crippen LogP contribution in [0.5, 0.6) is 0 Å². The number of aromatic nitrogens is 3. The lowest BCUT2D eigenvalue weighted by molar-refractivity contribution is -0.134. The van der Waals surface area contributed by atoms with Gasteiger partial charge in [-0.15, -0.1) is 10.2 Å². The van der Waals surface area contributed by atoms with E-state index < -0.39 is 5.92 Å². The molecular weight excluding hydrogens is 248 g/mol. The number of piperidine rings is 1. The van der Waals surface area contributed by atoms with Crippen LogP contribution < -0.4 is 5.32 Å². The first-order chi connectivity index (χ1) is 9.19. The van der Waals surface area contributed by atoms with Gasteiger partial charge in [-0.05, 0) is 24.1 Å². The van der Waals surface area contributed by atoms with Crippen molar-refractivity contribution in [3.8, 4) is 0 Å². The smallest absolute Gasteiger partial charge is 0.234 e. The van der Waals surface area contributed by atoms with Crippen molar-refractivity contribution in [2.45, 2.75) is 18.8 Å². The third kappa shape index (κ3) is 1.88. The SMILES string of the molecule is O=Cc1cc(C2CCC(=O)NC2=O)cc2nncn12. The normalized spacial score (nSPS) is 19.5. The number of fused-ring (bicyclic) bond motifs is 1. The van der Waals surface area contributed by atoms with E-state index in [1.165, 1.54) is 6.33 Å². The molecule has 1 saturated heterocycles. The molecule has 1 N–H and O–H groups in total. The van der Waals surface area contributed by atoms with Gasteiger partial charge >= 0.3 is 0 Å². The molecule has 96 valence electrons. The number of pyridine rings is 1. The van der Waals surface area contributed by atoms with E-state index in [0.29, 0.717) is 36.0 Å². The molecule has 19 heavy (non-hydrogen) atoms. The van der Waals surface area contributed by atoms with E-state index >= 15 is 0 Å². The summed E-state index contributed by atoms with van der Waals surface area (Å²) in [5.74, 6) is -1.03. The predicted molar refractivity (Wildman–Crippen MR) is 63.5 cm³/mol. The molecule has 3 rings (SSSR count). The van der Waals surface area contributed by atoms with Crippen LogP contribution in [0.15, 0.2) is 18.5 Å². The molecule has 0 radical (unpaired) electrons. The van der Waals surface area contributed by atoms with E-state index in [1.807, 2.05) is 0 Å².